The highest BCUT2D eigenvalue weighted by Crippen LogP contribution is 2.27. The number of unbranched alkanes of at least 4 members (excludes halogenated alkanes) is 1. The number of alkyl halides is 2. The van der Waals surface area contributed by atoms with E-state index in [4.69, 9.17) is 4.74 Å². The molecule has 0 saturated carbocycles. The molecule has 0 aromatic carbocycles. The van der Waals surface area contributed by atoms with Crippen molar-refractivity contribution < 1.29 is 4.74 Å². The van der Waals surface area contributed by atoms with Gasteiger partial charge in [0.2, 0.25) is 0 Å². The Bertz CT molecular complexity index is 154. The lowest BCUT2D eigenvalue weighted by Gasteiger charge is -2.13. The normalized spacial score (nSPS) is 11.9. The fraction of sp³-hybridized carbons (Fsp3) is 0.778. The van der Waals surface area contributed by atoms with Crippen molar-refractivity contribution in [3.05, 3.63) is 12.2 Å². The lowest BCUT2D eigenvalue weighted by atomic mass is 10.3. The highest BCUT2D eigenvalue weighted by atomic mass is 79.9. The Kier molecular flexibility index (Phi) is 7.69. The molecule has 0 aliphatic carbocycles. The van der Waals surface area contributed by atoms with E-state index in [0.717, 1.165) is 28.8 Å². The highest BCUT2D eigenvalue weighted by molar-refractivity contribution is 9.26. The monoisotopic (exact) mass is 328 g/mol. The summed E-state index contributed by atoms with van der Waals surface area (Å²) in [7, 11) is 1.12. The minimum Gasteiger partial charge on any atom is -0.377 e. The van der Waals surface area contributed by atoms with Crippen molar-refractivity contribution in [2.75, 3.05) is 13.2 Å². The van der Waals surface area contributed by atoms with Gasteiger partial charge in [-0.15, -0.1) is 0 Å². The van der Waals surface area contributed by atoms with E-state index in [2.05, 4.69) is 38.4 Å². The quantitative estimate of drug-likeness (QED) is 0.302. The second kappa shape index (κ2) is 7.21. The molecule has 13 heavy (non-hydrogen) atoms. The van der Waals surface area contributed by atoms with Crippen LogP contribution in [-0.4, -0.2) is 26.3 Å². The van der Waals surface area contributed by atoms with Crippen molar-refractivity contribution in [3.63, 3.8) is 0 Å². The van der Waals surface area contributed by atoms with Gasteiger partial charge in [0.25, 0.3) is 0 Å². The second-order valence-electron chi connectivity index (χ2n) is 3.54. The van der Waals surface area contributed by atoms with Crippen molar-refractivity contribution in [1.82, 2.24) is 0 Å². The Balaban J connectivity index is 3.13. The van der Waals surface area contributed by atoms with Crippen LogP contribution in [-0.2, 0) is 4.74 Å². The van der Waals surface area contributed by atoms with E-state index >= 15 is 0 Å². The van der Waals surface area contributed by atoms with Crippen LogP contribution in [0.1, 0.15) is 26.2 Å². The van der Waals surface area contributed by atoms with Crippen LogP contribution >= 0.6 is 31.9 Å². The lowest BCUT2D eigenvalue weighted by molar-refractivity contribution is 0.151. The summed E-state index contributed by atoms with van der Waals surface area (Å²) < 4.78 is 5.62. The van der Waals surface area contributed by atoms with Gasteiger partial charge in [0, 0.05) is 16.8 Å². The molecule has 78 valence electrons. The predicted octanol–water partition coefficient (Wildman–Crippen LogP) is 2.56. The molecule has 0 aromatic heterocycles. The Morgan fingerprint density at radius 1 is 1.46 bits per heavy atom. The first kappa shape index (κ1) is 13.9. The number of hydrogen-bond acceptors (Lipinski definition) is 1. The van der Waals surface area contributed by atoms with Gasteiger partial charge in [-0.1, -0.05) is 44.0 Å². The summed E-state index contributed by atoms with van der Waals surface area (Å²) in [5, 5.41) is 0. The first-order chi connectivity index (χ1) is 5.92. The van der Waals surface area contributed by atoms with Crippen LogP contribution < -0.4 is 0 Å². The molecule has 0 aliphatic heterocycles. The van der Waals surface area contributed by atoms with Crippen molar-refractivity contribution in [2.24, 2.45) is 0 Å². The molecule has 0 fully saturated rings. The molecule has 0 bridgehead atoms. The molecule has 0 aliphatic rings. The summed E-state index contributed by atoms with van der Waals surface area (Å²) in [6.45, 7) is 7.32. The SMILES string of the molecule is C=C(C)COCCCCC([SiH3])(Br)Br. The summed E-state index contributed by atoms with van der Waals surface area (Å²) in [5.74, 6) is 0. The third-order valence-electron chi connectivity index (χ3n) is 1.50. The molecular weight excluding hydrogens is 312 g/mol. The van der Waals surface area contributed by atoms with Crippen LogP contribution in [0.25, 0.3) is 0 Å². The minimum atomic E-state index is 0.231. The van der Waals surface area contributed by atoms with Crippen LogP contribution in [0.5, 0.6) is 0 Å². The predicted molar refractivity (Wildman–Crippen MR) is 70.0 cm³/mol. The zero-order valence-electron chi connectivity index (χ0n) is 8.41. The van der Waals surface area contributed by atoms with Crippen LogP contribution in [0, 0.1) is 0 Å². The van der Waals surface area contributed by atoms with Crippen LogP contribution in [0.4, 0.5) is 0 Å². The van der Waals surface area contributed by atoms with Gasteiger partial charge >= 0.3 is 0 Å². The van der Waals surface area contributed by atoms with E-state index in [1.165, 1.54) is 12.8 Å². The smallest absolute Gasteiger partial charge is 0.0671 e. The van der Waals surface area contributed by atoms with Crippen molar-refractivity contribution in [2.45, 2.75) is 29.0 Å². The molecule has 0 spiro atoms. The van der Waals surface area contributed by atoms with Crippen molar-refractivity contribution >= 4 is 42.1 Å². The zero-order valence-corrected chi connectivity index (χ0v) is 13.6. The fourth-order valence-electron chi connectivity index (χ4n) is 0.886. The van der Waals surface area contributed by atoms with E-state index < -0.39 is 0 Å². The molecule has 0 amide bonds. The van der Waals surface area contributed by atoms with Gasteiger partial charge in [0.1, 0.15) is 0 Å². The van der Waals surface area contributed by atoms with Crippen LogP contribution in [0.15, 0.2) is 12.2 Å². The maximum atomic E-state index is 5.39. The zero-order chi connectivity index (χ0) is 10.3. The summed E-state index contributed by atoms with van der Waals surface area (Å²) in [6, 6.07) is 0. The van der Waals surface area contributed by atoms with Gasteiger partial charge in [-0.25, -0.2) is 0 Å². The number of hydrogen-bond donors (Lipinski definition) is 0. The van der Waals surface area contributed by atoms with E-state index in [-0.39, 0.29) is 2.86 Å². The molecule has 4 heteroatoms. The van der Waals surface area contributed by atoms with Gasteiger partial charge in [-0.2, -0.15) is 0 Å². The summed E-state index contributed by atoms with van der Waals surface area (Å²) in [4.78, 5) is 0. The average Bonchev–Trinajstić information content (AvgIpc) is 1.93. The van der Waals surface area contributed by atoms with Gasteiger partial charge < -0.3 is 4.74 Å². The third kappa shape index (κ3) is 12.9. The molecule has 0 unspecified atom stereocenters. The van der Waals surface area contributed by atoms with Crippen LogP contribution in [0.3, 0.4) is 0 Å². The average molecular weight is 330 g/mol. The molecule has 0 atom stereocenters. The molecule has 1 nitrogen and oxygen atoms in total. The highest BCUT2D eigenvalue weighted by Gasteiger charge is 2.13. The Morgan fingerprint density at radius 2 is 2.08 bits per heavy atom. The van der Waals surface area contributed by atoms with Crippen LogP contribution in [0.2, 0.25) is 0 Å². The Labute approximate surface area is 101 Å². The van der Waals surface area contributed by atoms with E-state index in [9.17, 15) is 0 Å². The topological polar surface area (TPSA) is 9.23 Å². The number of ether oxygens (including phenoxy) is 1. The molecule has 0 rings (SSSR count). The first-order valence-electron chi connectivity index (χ1n) is 4.52. The molecule has 0 N–H and O–H groups in total. The van der Waals surface area contributed by atoms with E-state index in [1.807, 2.05) is 6.92 Å². The van der Waals surface area contributed by atoms with Crippen molar-refractivity contribution in [3.8, 4) is 0 Å². The minimum absolute atomic E-state index is 0.231. The summed E-state index contributed by atoms with van der Waals surface area (Å²) in [5.41, 5.74) is 1.10. The molecular formula is C9H18Br2OSi. The summed E-state index contributed by atoms with van der Waals surface area (Å²) in [6.07, 6.45) is 3.51. The van der Waals surface area contributed by atoms with E-state index in [1.54, 1.807) is 0 Å². The fourth-order valence-corrected chi connectivity index (χ4v) is 1.80. The second-order valence-corrected chi connectivity index (χ2v) is 12.7. The molecule has 0 radical (unpaired) electrons. The maximum Gasteiger partial charge on any atom is 0.0671 e. The Morgan fingerprint density at radius 3 is 2.54 bits per heavy atom. The summed E-state index contributed by atoms with van der Waals surface area (Å²) >= 11 is 7.19. The third-order valence-corrected chi connectivity index (χ3v) is 2.80. The lowest BCUT2D eigenvalue weighted by Crippen LogP contribution is -2.10. The standard InChI is InChI=1S/C9H18Br2OSi/c1-8(2)7-12-6-4-3-5-9(10,11)13/h1,3-7H2,2,13H3. The molecule has 0 saturated heterocycles. The Hall–Kier alpha value is 0.877. The van der Waals surface area contributed by atoms with Gasteiger partial charge in [-0.3, -0.25) is 0 Å². The van der Waals surface area contributed by atoms with E-state index in [0.29, 0.717) is 6.61 Å². The number of halogens is 2. The molecule has 0 heterocycles. The van der Waals surface area contributed by atoms with Gasteiger partial charge in [-0.05, 0) is 26.2 Å². The van der Waals surface area contributed by atoms with Gasteiger partial charge in [0.05, 0.1) is 9.46 Å². The molecule has 0 aromatic rings. The first-order valence-corrected chi connectivity index (χ1v) is 7.10. The number of rotatable bonds is 7. The van der Waals surface area contributed by atoms with Crippen molar-refractivity contribution in [1.29, 1.82) is 0 Å². The maximum absolute atomic E-state index is 5.39. The van der Waals surface area contributed by atoms with Gasteiger partial charge in [0.15, 0.2) is 0 Å². The largest absolute Gasteiger partial charge is 0.377 e.